The fraction of sp³-hybridized carbons (Fsp3) is 0.611. The van der Waals surface area contributed by atoms with Gasteiger partial charge in [0, 0.05) is 34.2 Å². The van der Waals surface area contributed by atoms with Gasteiger partial charge in [-0.15, -0.1) is 0 Å². The Hall–Kier alpha value is -2.22. The highest BCUT2D eigenvalue weighted by Gasteiger charge is 2.19. The van der Waals surface area contributed by atoms with E-state index in [0.717, 1.165) is 67.4 Å². The molecule has 145 valence electrons. The Morgan fingerprint density at radius 1 is 1.04 bits per heavy atom. The number of aryl methyl sites for hydroxylation is 1. The molecule has 0 aliphatic carbocycles. The number of hydrogen-bond acceptors (Lipinski definition) is 7. The van der Waals surface area contributed by atoms with Crippen LogP contribution in [0.15, 0.2) is 0 Å². The highest BCUT2D eigenvalue weighted by molar-refractivity contribution is 6.01. The number of hydrogen-bond donors (Lipinski definition) is 4. The van der Waals surface area contributed by atoms with Crippen LogP contribution < -0.4 is 21.7 Å². The zero-order chi connectivity index (χ0) is 19.1. The lowest BCUT2D eigenvalue weighted by Crippen LogP contribution is -2.19. The van der Waals surface area contributed by atoms with Crippen LogP contribution in [0, 0.1) is 6.54 Å². The van der Waals surface area contributed by atoms with Gasteiger partial charge < -0.3 is 26.3 Å². The van der Waals surface area contributed by atoms with Gasteiger partial charge in [-0.2, -0.15) is 0 Å². The van der Waals surface area contributed by atoms with E-state index in [2.05, 4.69) is 55.8 Å². The van der Waals surface area contributed by atoms with Crippen molar-refractivity contribution in [3.8, 4) is 0 Å². The summed E-state index contributed by atoms with van der Waals surface area (Å²) < 4.78 is 2.19. The van der Waals surface area contributed by atoms with Gasteiger partial charge in [0.25, 0.3) is 0 Å². The molecule has 26 heavy (non-hydrogen) atoms. The number of anilines is 4. The van der Waals surface area contributed by atoms with E-state index < -0.39 is 0 Å². The minimum Gasteiger partial charge on any atom is -0.383 e. The molecule has 0 saturated carbocycles. The number of nitrogen functional groups attached to an aromatic ring is 1. The maximum atomic E-state index is 6.14. The maximum absolute atomic E-state index is 6.14. The Morgan fingerprint density at radius 3 is 2.35 bits per heavy atom. The van der Waals surface area contributed by atoms with E-state index >= 15 is 0 Å². The number of nitrogens with zero attached hydrogens (tertiary/aromatic N) is 4. The zero-order valence-corrected chi connectivity index (χ0v) is 16.7. The van der Waals surface area contributed by atoms with Gasteiger partial charge in [0.2, 0.25) is 5.95 Å². The first kappa shape index (κ1) is 20.1. The maximum Gasteiger partial charge on any atom is 0.203 e. The zero-order valence-electron chi connectivity index (χ0n) is 16.7. The second-order valence-corrected chi connectivity index (χ2v) is 6.15. The summed E-state index contributed by atoms with van der Waals surface area (Å²) in [5, 5.41) is 9.54. The smallest absolute Gasteiger partial charge is 0.203 e. The first-order valence-corrected chi connectivity index (χ1v) is 9.41. The number of nitrogens with one attached hydrogen (secondary N) is 3. The summed E-state index contributed by atoms with van der Waals surface area (Å²) in [6.07, 6.45) is 3.29. The standard InChI is InChI=1S/C18H33N8/c1-6-25(7-2)11-9-8-10-12-26-15-13(23-18(26)22-5)16(19)24-17(21-4)14(15)20-3/h11,20H,6-10,12H2,1-5H3,(H,22,23)(H3,19,21,24). The van der Waals surface area contributed by atoms with Crippen LogP contribution >= 0.6 is 0 Å². The van der Waals surface area contributed by atoms with Gasteiger partial charge in [-0.05, 0) is 25.9 Å². The van der Waals surface area contributed by atoms with E-state index in [1.54, 1.807) is 0 Å². The number of pyridine rings is 1. The summed E-state index contributed by atoms with van der Waals surface area (Å²) >= 11 is 0. The van der Waals surface area contributed by atoms with Crippen molar-refractivity contribution in [2.45, 2.75) is 39.7 Å². The van der Waals surface area contributed by atoms with Crippen LogP contribution in [0.3, 0.4) is 0 Å². The molecule has 2 aromatic rings. The molecular formula is C18H33N8. The molecule has 0 bridgehead atoms. The van der Waals surface area contributed by atoms with Gasteiger partial charge in [0.15, 0.2) is 11.6 Å². The van der Waals surface area contributed by atoms with Crippen LogP contribution in [0.25, 0.3) is 11.0 Å². The van der Waals surface area contributed by atoms with Gasteiger partial charge in [0.1, 0.15) is 16.7 Å². The summed E-state index contributed by atoms with van der Waals surface area (Å²) in [5.74, 6) is 1.98. The Balaban J connectivity index is 2.21. The van der Waals surface area contributed by atoms with Crippen LogP contribution in [0.2, 0.25) is 0 Å². The van der Waals surface area contributed by atoms with Crippen molar-refractivity contribution >= 4 is 34.3 Å². The first-order chi connectivity index (χ1) is 12.6. The second-order valence-electron chi connectivity index (χ2n) is 6.15. The average molecular weight is 362 g/mol. The summed E-state index contributed by atoms with van der Waals surface area (Å²) in [5.41, 5.74) is 8.77. The van der Waals surface area contributed by atoms with Crippen LogP contribution in [-0.2, 0) is 6.54 Å². The fourth-order valence-electron chi connectivity index (χ4n) is 3.22. The van der Waals surface area contributed by atoms with Crippen LogP contribution in [0.5, 0.6) is 0 Å². The Kier molecular flexibility index (Phi) is 7.32. The van der Waals surface area contributed by atoms with Crippen molar-refractivity contribution in [3.63, 3.8) is 0 Å². The van der Waals surface area contributed by atoms with Gasteiger partial charge in [-0.1, -0.05) is 20.3 Å². The van der Waals surface area contributed by atoms with Crippen molar-refractivity contribution in [2.75, 3.05) is 55.9 Å². The molecule has 0 atom stereocenters. The molecule has 1 radical (unpaired) electrons. The van der Waals surface area contributed by atoms with Gasteiger partial charge in [-0.3, -0.25) is 4.90 Å². The average Bonchev–Trinajstić information content (AvgIpc) is 3.03. The lowest BCUT2D eigenvalue weighted by Gasteiger charge is -2.17. The molecule has 0 amide bonds. The number of imidazole rings is 1. The van der Waals surface area contributed by atoms with Crippen LogP contribution in [0.1, 0.15) is 33.1 Å². The predicted molar refractivity (Wildman–Crippen MR) is 112 cm³/mol. The lowest BCUT2D eigenvalue weighted by molar-refractivity contribution is 0.354. The Morgan fingerprint density at radius 2 is 1.77 bits per heavy atom. The SMILES string of the molecule is CCN([CH]CCCCn1c(NC)nc2c(N)nc(NC)c(NC)c21)CC. The van der Waals surface area contributed by atoms with E-state index in [1.807, 2.05) is 21.1 Å². The van der Waals surface area contributed by atoms with Crippen molar-refractivity contribution in [3.05, 3.63) is 6.54 Å². The van der Waals surface area contributed by atoms with Gasteiger partial charge >= 0.3 is 0 Å². The van der Waals surface area contributed by atoms with Crippen LogP contribution in [0.4, 0.5) is 23.3 Å². The predicted octanol–water partition coefficient (Wildman–Crippen LogP) is 2.81. The molecular weight excluding hydrogens is 328 g/mol. The summed E-state index contributed by atoms with van der Waals surface area (Å²) in [6.45, 7) is 9.70. The molecule has 0 aliphatic rings. The Bertz CT molecular complexity index is 705. The Labute approximate surface area is 156 Å². The lowest BCUT2D eigenvalue weighted by atomic mass is 10.2. The quantitative estimate of drug-likeness (QED) is 0.457. The second kappa shape index (κ2) is 9.47. The normalized spacial score (nSPS) is 11.3. The molecule has 0 spiro atoms. The molecule has 8 heteroatoms. The molecule has 0 saturated heterocycles. The monoisotopic (exact) mass is 361 g/mol. The number of aromatic nitrogens is 3. The molecule has 2 heterocycles. The summed E-state index contributed by atoms with van der Waals surface area (Å²) in [6, 6.07) is 0. The molecule has 0 aliphatic heterocycles. The summed E-state index contributed by atoms with van der Waals surface area (Å²) in [7, 11) is 5.62. The molecule has 2 rings (SSSR count). The number of unbranched alkanes of at least 4 members (excludes halogenated alkanes) is 2. The largest absolute Gasteiger partial charge is 0.383 e. The molecule has 0 unspecified atom stereocenters. The molecule has 8 nitrogen and oxygen atoms in total. The van der Waals surface area contributed by atoms with Crippen molar-refractivity contribution in [2.24, 2.45) is 0 Å². The summed E-state index contributed by atoms with van der Waals surface area (Å²) in [4.78, 5) is 11.4. The van der Waals surface area contributed by atoms with E-state index in [4.69, 9.17) is 5.73 Å². The highest BCUT2D eigenvalue weighted by Crippen LogP contribution is 2.34. The van der Waals surface area contributed by atoms with Crippen molar-refractivity contribution < 1.29 is 0 Å². The third kappa shape index (κ3) is 4.12. The van der Waals surface area contributed by atoms with E-state index in [9.17, 15) is 0 Å². The van der Waals surface area contributed by atoms with Gasteiger partial charge in [0.05, 0.1) is 0 Å². The number of fused-ring (bicyclic) bond motifs is 1. The minimum absolute atomic E-state index is 0.438. The third-order valence-electron chi connectivity index (χ3n) is 4.66. The first-order valence-electron chi connectivity index (χ1n) is 9.41. The van der Waals surface area contributed by atoms with E-state index in [-0.39, 0.29) is 0 Å². The van der Waals surface area contributed by atoms with Crippen LogP contribution in [-0.4, -0.2) is 53.7 Å². The molecule has 0 fully saturated rings. The topological polar surface area (TPSA) is 96.1 Å². The molecule has 2 aromatic heterocycles. The van der Waals surface area contributed by atoms with E-state index in [1.165, 1.54) is 0 Å². The third-order valence-corrected chi connectivity index (χ3v) is 4.66. The molecule has 5 N–H and O–H groups in total. The molecule has 0 aromatic carbocycles. The highest BCUT2D eigenvalue weighted by atomic mass is 15.2. The number of nitrogens with two attached hydrogens (primary N) is 1. The van der Waals surface area contributed by atoms with Crippen molar-refractivity contribution in [1.29, 1.82) is 0 Å². The van der Waals surface area contributed by atoms with E-state index in [0.29, 0.717) is 5.82 Å². The minimum atomic E-state index is 0.438. The van der Waals surface area contributed by atoms with Gasteiger partial charge in [-0.25, -0.2) is 9.97 Å². The fourth-order valence-corrected chi connectivity index (χ4v) is 3.22. The van der Waals surface area contributed by atoms with Crippen molar-refractivity contribution in [1.82, 2.24) is 19.4 Å². The number of rotatable bonds is 11.